The van der Waals surface area contributed by atoms with E-state index < -0.39 is 0 Å². The molecule has 2 atom stereocenters. The van der Waals surface area contributed by atoms with Crippen LogP contribution in [0.1, 0.15) is 220 Å². The molecule has 2 rings (SSSR count). The first-order valence-corrected chi connectivity index (χ1v) is 21.0. The summed E-state index contributed by atoms with van der Waals surface area (Å²) in [6.45, 7) is 9.70. The minimum Gasteiger partial charge on any atom is -0.478 e. The lowest BCUT2D eigenvalue weighted by atomic mass is 10.0. The summed E-state index contributed by atoms with van der Waals surface area (Å²) in [5, 5.41) is 18.5. The summed E-state index contributed by atoms with van der Waals surface area (Å²) in [4.78, 5) is 8.96. The number of aliphatic hydroxyl groups excluding tert-OH is 2. The maximum absolute atomic E-state index is 9.26. The third kappa shape index (κ3) is 24.9. The fraction of sp³-hybridized carbons (Fsp3) is 0.952. The lowest BCUT2D eigenvalue weighted by molar-refractivity contribution is 0.169. The smallest absolute Gasteiger partial charge is 0.184 e. The molecule has 0 fully saturated rings. The normalized spacial score (nSPS) is 20.2. The van der Waals surface area contributed by atoms with Gasteiger partial charge in [-0.15, -0.1) is 0 Å². The van der Waals surface area contributed by atoms with E-state index >= 15 is 0 Å². The maximum Gasteiger partial charge on any atom is 0.184 e. The third-order valence-corrected chi connectivity index (χ3v) is 10.1. The van der Waals surface area contributed by atoms with Gasteiger partial charge in [-0.25, -0.2) is 9.98 Å². The molecule has 2 aliphatic heterocycles. The Bertz CT molecular complexity index is 788. The fourth-order valence-electron chi connectivity index (χ4n) is 6.57. The van der Waals surface area contributed by atoms with Crippen LogP contribution in [0.4, 0.5) is 0 Å². The van der Waals surface area contributed by atoms with Gasteiger partial charge in [0.1, 0.15) is 24.3 Å². The summed E-state index contributed by atoms with van der Waals surface area (Å²) in [5.41, 5.74) is -0.767. The second-order valence-electron chi connectivity index (χ2n) is 15.6. The van der Waals surface area contributed by atoms with Crippen LogP contribution >= 0.6 is 0 Å². The van der Waals surface area contributed by atoms with Gasteiger partial charge in [-0.2, -0.15) is 0 Å². The molecule has 2 unspecified atom stereocenters. The Morgan fingerprint density at radius 2 is 0.646 bits per heavy atom. The van der Waals surface area contributed by atoms with Crippen LogP contribution in [0.15, 0.2) is 9.98 Å². The molecular formula is C42H82N2O4. The molecule has 0 aliphatic carbocycles. The summed E-state index contributed by atoms with van der Waals surface area (Å²) >= 11 is 0. The van der Waals surface area contributed by atoms with E-state index in [-0.39, 0.29) is 24.3 Å². The number of aliphatic imine (C=N–C) groups is 2. The highest BCUT2D eigenvalue weighted by Crippen LogP contribution is 2.22. The molecule has 0 saturated heterocycles. The van der Waals surface area contributed by atoms with Crippen molar-refractivity contribution in [3.05, 3.63) is 0 Å². The Morgan fingerprint density at radius 3 is 0.854 bits per heavy atom. The Kier molecular flexibility index (Phi) is 28.7. The molecule has 0 bridgehead atoms. The quantitative estimate of drug-likeness (QED) is 0.0694. The van der Waals surface area contributed by atoms with Crippen molar-refractivity contribution in [1.82, 2.24) is 0 Å². The zero-order valence-corrected chi connectivity index (χ0v) is 32.6. The highest BCUT2D eigenvalue weighted by atomic mass is 16.5. The van der Waals surface area contributed by atoms with Gasteiger partial charge in [0, 0.05) is 12.8 Å². The minimum atomic E-state index is -0.384. The van der Waals surface area contributed by atoms with Crippen molar-refractivity contribution in [2.75, 3.05) is 26.4 Å². The molecular weight excluding hydrogens is 596 g/mol. The number of rotatable bonds is 32. The van der Waals surface area contributed by atoms with E-state index in [0.717, 1.165) is 31.1 Å². The van der Waals surface area contributed by atoms with Gasteiger partial charge < -0.3 is 19.7 Å². The van der Waals surface area contributed by atoms with Gasteiger partial charge in [0.15, 0.2) is 11.8 Å². The van der Waals surface area contributed by atoms with Crippen molar-refractivity contribution in [1.29, 1.82) is 0 Å². The van der Waals surface area contributed by atoms with E-state index in [1.807, 2.05) is 13.8 Å². The van der Waals surface area contributed by atoms with Crippen molar-refractivity contribution < 1.29 is 19.7 Å². The van der Waals surface area contributed by atoms with Crippen LogP contribution in [0.25, 0.3) is 0 Å². The molecule has 0 saturated carbocycles. The van der Waals surface area contributed by atoms with E-state index in [4.69, 9.17) is 9.47 Å². The van der Waals surface area contributed by atoms with E-state index in [9.17, 15) is 10.2 Å². The number of aliphatic hydroxyl groups is 2. The summed E-state index contributed by atoms with van der Waals surface area (Å²) in [6, 6.07) is 0. The van der Waals surface area contributed by atoms with Gasteiger partial charge in [-0.1, -0.05) is 181 Å². The molecule has 2 aliphatic rings. The highest BCUT2D eigenvalue weighted by Gasteiger charge is 2.31. The Morgan fingerprint density at radius 1 is 0.417 bits per heavy atom. The number of ether oxygens (including phenoxy) is 2. The Hall–Kier alpha value is -1.14. The van der Waals surface area contributed by atoms with E-state index in [2.05, 4.69) is 23.8 Å². The van der Waals surface area contributed by atoms with Crippen molar-refractivity contribution in [3.8, 4) is 0 Å². The summed E-state index contributed by atoms with van der Waals surface area (Å²) < 4.78 is 11.1. The monoisotopic (exact) mass is 679 g/mol. The zero-order chi connectivity index (χ0) is 35.0. The van der Waals surface area contributed by atoms with Crippen molar-refractivity contribution >= 4 is 11.8 Å². The topological polar surface area (TPSA) is 83.6 Å². The van der Waals surface area contributed by atoms with Crippen LogP contribution in [0, 0.1) is 0 Å². The first-order chi connectivity index (χ1) is 23.4. The van der Waals surface area contributed by atoms with Crippen LogP contribution in [0.3, 0.4) is 0 Å². The molecule has 0 aromatic rings. The number of unbranched alkanes of at least 4 members (excludes halogenated alkanes) is 26. The summed E-state index contributed by atoms with van der Waals surface area (Å²) in [5.74, 6) is 1.70. The molecule has 2 heterocycles. The molecule has 6 heteroatoms. The molecule has 0 spiro atoms. The molecule has 48 heavy (non-hydrogen) atoms. The zero-order valence-electron chi connectivity index (χ0n) is 32.6. The van der Waals surface area contributed by atoms with E-state index in [0.29, 0.717) is 13.2 Å². The molecule has 0 aromatic heterocycles. The Labute approximate surface area is 298 Å². The lowest BCUT2D eigenvalue weighted by Gasteiger charge is -2.12. The first-order valence-electron chi connectivity index (χ1n) is 21.0. The number of hydrogen-bond donors (Lipinski definition) is 2. The van der Waals surface area contributed by atoms with Crippen molar-refractivity contribution in [2.24, 2.45) is 9.98 Å². The predicted octanol–water partition coefficient (Wildman–Crippen LogP) is 12.1. The van der Waals surface area contributed by atoms with Crippen molar-refractivity contribution in [2.45, 2.75) is 231 Å². The van der Waals surface area contributed by atoms with Crippen LogP contribution in [-0.2, 0) is 9.47 Å². The largest absolute Gasteiger partial charge is 0.478 e. The lowest BCUT2D eigenvalue weighted by Crippen LogP contribution is -2.28. The highest BCUT2D eigenvalue weighted by molar-refractivity contribution is 5.78. The second-order valence-corrected chi connectivity index (χ2v) is 15.6. The van der Waals surface area contributed by atoms with Crippen LogP contribution in [0.2, 0.25) is 0 Å². The van der Waals surface area contributed by atoms with Gasteiger partial charge in [0.05, 0.1) is 13.2 Å². The molecule has 0 aromatic carbocycles. The van der Waals surface area contributed by atoms with Gasteiger partial charge >= 0.3 is 0 Å². The van der Waals surface area contributed by atoms with Gasteiger partial charge in [-0.05, 0) is 26.7 Å². The number of hydrogen-bond acceptors (Lipinski definition) is 6. The van der Waals surface area contributed by atoms with Gasteiger partial charge in [0.25, 0.3) is 0 Å². The summed E-state index contributed by atoms with van der Waals surface area (Å²) in [7, 11) is 0. The maximum atomic E-state index is 9.26. The molecule has 0 radical (unpaired) electrons. The van der Waals surface area contributed by atoms with E-state index in [1.54, 1.807) is 0 Å². The average Bonchev–Trinajstić information content (AvgIpc) is 3.67. The van der Waals surface area contributed by atoms with Crippen LogP contribution in [0.5, 0.6) is 0 Å². The van der Waals surface area contributed by atoms with Crippen LogP contribution < -0.4 is 0 Å². The molecule has 0 amide bonds. The Balaban J connectivity index is 0.000000482. The van der Waals surface area contributed by atoms with Crippen LogP contribution in [-0.4, -0.2) is 59.5 Å². The number of nitrogens with zero attached hydrogens (tertiary/aromatic N) is 2. The van der Waals surface area contributed by atoms with Gasteiger partial charge in [-0.3, -0.25) is 0 Å². The van der Waals surface area contributed by atoms with Crippen molar-refractivity contribution in [3.63, 3.8) is 0 Å². The minimum absolute atomic E-state index is 0.0785. The standard InChI is InChI=1S/C22H43NO2.C20H39NO2/c1-3-4-5-6-7-8-9-10-11-12-13-14-15-16-17-18-21-23-22(2,19-24)20-25-21;1-3-4-5-6-7-8-9-10-11-12-13-14-15-16-19-21-20(2,17-22)18-23-19/h24H,3-20H2,1-2H3;22H,3-18H2,1-2H3. The summed E-state index contributed by atoms with van der Waals surface area (Å²) in [6.07, 6.45) is 40.6. The van der Waals surface area contributed by atoms with E-state index in [1.165, 1.54) is 173 Å². The van der Waals surface area contributed by atoms with Gasteiger partial charge in [0.2, 0.25) is 0 Å². The molecule has 2 N–H and O–H groups in total. The SMILES string of the molecule is CCCCCCCCCCCCCCCC1=NC(C)(CO)CO1.CCCCCCCCCCCCCCCCCC1=NC(C)(CO)CO1. The average molecular weight is 679 g/mol. The fourth-order valence-corrected chi connectivity index (χ4v) is 6.57. The third-order valence-electron chi connectivity index (χ3n) is 10.1. The second kappa shape index (κ2) is 30.7. The molecule has 284 valence electrons. The first kappa shape index (κ1) is 44.9. The molecule has 6 nitrogen and oxygen atoms in total. The predicted molar refractivity (Wildman–Crippen MR) is 208 cm³/mol.